The molecule has 1 aliphatic rings. The molecule has 1 aromatic heterocycles. The molecular formula is C11H15N7O3S. The highest BCUT2D eigenvalue weighted by molar-refractivity contribution is 7.13. The molecule has 11 heteroatoms. The van der Waals surface area contributed by atoms with Gasteiger partial charge < -0.3 is 27.4 Å². The molecule has 3 amide bonds. The summed E-state index contributed by atoms with van der Waals surface area (Å²) in [6, 6.07) is -1.26. The van der Waals surface area contributed by atoms with Crippen LogP contribution in [0.1, 0.15) is 5.69 Å². The van der Waals surface area contributed by atoms with E-state index in [4.69, 9.17) is 16.9 Å². The van der Waals surface area contributed by atoms with E-state index in [1.54, 1.807) is 0 Å². The second-order valence-electron chi connectivity index (χ2n) is 4.52. The predicted molar refractivity (Wildman–Crippen MR) is 79.3 cm³/mol. The molecule has 1 aromatic rings. The number of carbonyl (C=O) groups is 3. The Morgan fingerprint density at radius 3 is 2.77 bits per heavy atom. The number of nitrogens with zero attached hydrogens (tertiary/aromatic N) is 1. The number of hydrogen-bond donors (Lipinski definition) is 6. The molecule has 8 N–H and O–H groups in total. The van der Waals surface area contributed by atoms with Gasteiger partial charge in [0.2, 0.25) is 11.8 Å². The number of rotatable bonds is 6. The summed E-state index contributed by atoms with van der Waals surface area (Å²) in [5, 5.41) is 17.0. The molecule has 1 fully saturated rings. The Hall–Kier alpha value is -2.53. The molecule has 2 heterocycles. The van der Waals surface area contributed by atoms with Gasteiger partial charge in [0.1, 0.15) is 17.4 Å². The minimum atomic E-state index is -0.818. The van der Waals surface area contributed by atoms with E-state index >= 15 is 0 Å². The summed E-state index contributed by atoms with van der Waals surface area (Å²) in [5.74, 6) is -1.48. The number of nitrogen functional groups attached to an aromatic ring is 1. The van der Waals surface area contributed by atoms with E-state index in [1.165, 1.54) is 5.38 Å². The Morgan fingerprint density at radius 1 is 1.50 bits per heavy atom. The first-order chi connectivity index (χ1) is 10.4. The molecule has 22 heavy (non-hydrogen) atoms. The van der Waals surface area contributed by atoms with E-state index in [0.29, 0.717) is 0 Å². The van der Waals surface area contributed by atoms with Crippen LogP contribution < -0.4 is 27.4 Å². The molecule has 0 aliphatic carbocycles. The second kappa shape index (κ2) is 6.49. The summed E-state index contributed by atoms with van der Waals surface area (Å²) in [7, 11) is 0. The van der Waals surface area contributed by atoms with Gasteiger partial charge in [-0.1, -0.05) is 0 Å². The van der Waals surface area contributed by atoms with Gasteiger partial charge >= 0.3 is 0 Å². The molecule has 2 unspecified atom stereocenters. The molecule has 1 aliphatic heterocycles. The van der Waals surface area contributed by atoms with E-state index < -0.39 is 18.0 Å². The van der Waals surface area contributed by atoms with Crippen molar-refractivity contribution in [2.75, 3.05) is 18.8 Å². The van der Waals surface area contributed by atoms with Crippen LogP contribution >= 0.6 is 11.3 Å². The zero-order valence-corrected chi connectivity index (χ0v) is 12.2. The van der Waals surface area contributed by atoms with Crippen molar-refractivity contribution in [3.8, 4) is 0 Å². The smallest absolute Gasteiger partial charge is 0.272 e. The summed E-state index contributed by atoms with van der Waals surface area (Å²) in [5.41, 5.74) is 10.4. The average molecular weight is 325 g/mol. The van der Waals surface area contributed by atoms with Crippen molar-refractivity contribution in [1.82, 2.24) is 20.9 Å². The van der Waals surface area contributed by atoms with Crippen molar-refractivity contribution in [2.45, 2.75) is 12.1 Å². The lowest BCUT2D eigenvalue weighted by atomic mass is 9.98. The zero-order chi connectivity index (χ0) is 16.3. The Kier molecular flexibility index (Phi) is 4.68. The average Bonchev–Trinajstić information content (AvgIpc) is 2.93. The Bertz CT molecular complexity index is 629. The summed E-state index contributed by atoms with van der Waals surface area (Å²) in [4.78, 5) is 38.3. The quantitative estimate of drug-likeness (QED) is 0.242. The molecule has 10 nitrogen and oxygen atoms in total. The first-order valence-electron chi connectivity index (χ1n) is 6.30. The van der Waals surface area contributed by atoms with Crippen molar-refractivity contribution in [1.29, 1.82) is 5.41 Å². The van der Waals surface area contributed by atoms with Crippen LogP contribution in [0.25, 0.3) is 0 Å². The highest BCUT2D eigenvalue weighted by Crippen LogP contribution is 2.12. The number of aromatic nitrogens is 1. The molecule has 2 atom stereocenters. The fourth-order valence-electron chi connectivity index (χ4n) is 1.81. The minimum Gasteiger partial charge on any atom is -0.375 e. The first kappa shape index (κ1) is 15.9. The molecule has 1 saturated heterocycles. The lowest BCUT2D eigenvalue weighted by Gasteiger charge is -2.37. The van der Waals surface area contributed by atoms with E-state index in [-0.39, 0.29) is 41.4 Å². The summed E-state index contributed by atoms with van der Waals surface area (Å²) >= 11 is 1.11. The normalized spacial score (nSPS) is 19.8. The summed E-state index contributed by atoms with van der Waals surface area (Å²) in [6.45, 7) is -0.0166. The molecule has 0 spiro atoms. The monoisotopic (exact) mass is 325 g/mol. The Morgan fingerprint density at radius 2 is 2.23 bits per heavy atom. The summed E-state index contributed by atoms with van der Waals surface area (Å²) < 4.78 is 0. The van der Waals surface area contributed by atoms with Crippen molar-refractivity contribution in [3.63, 3.8) is 0 Å². The largest absolute Gasteiger partial charge is 0.375 e. The first-order valence-corrected chi connectivity index (χ1v) is 7.18. The standard InChI is InChI=1S/C11H15N7O3S/c12-1-6(19)15-2-4-8(10(21)16-4)18-9(20)7(13)5-3-22-11(14)17-5/h3-4,8,13H,1-2,12H2,(H2,14,17)(H,15,19)(H,16,21)(H,18,20). The molecule has 0 saturated carbocycles. The molecular weight excluding hydrogens is 310 g/mol. The third-order valence-electron chi connectivity index (χ3n) is 3.01. The maximum atomic E-state index is 11.9. The summed E-state index contributed by atoms with van der Waals surface area (Å²) in [6.07, 6.45) is 0. The molecule has 0 aromatic carbocycles. The Labute approximate surface area is 129 Å². The molecule has 0 bridgehead atoms. The van der Waals surface area contributed by atoms with Crippen LogP contribution in [0.3, 0.4) is 0 Å². The van der Waals surface area contributed by atoms with Gasteiger partial charge in [0.25, 0.3) is 5.91 Å². The number of nitrogens with one attached hydrogen (secondary N) is 4. The van der Waals surface area contributed by atoms with Crippen LogP contribution in [-0.2, 0) is 14.4 Å². The van der Waals surface area contributed by atoms with E-state index in [1.807, 2.05) is 0 Å². The number of amides is 3. The van der Waals surface area contributed by atoms with Crippen LogP contribution in [0.5, 0.6) is 0 Å². The van der Waals surface area contributed by atoms with Gasteiger partial charge in [-0.15, -0.1) is 11.3 Å². The number of nitrogens with two attached hydrogens (primary N) is 2. The van der Waals surface area contributed by atoms with E-state index in [0.717, 1.165) is 11.3 Å². The maximum Gasteiger partial charge on any atom is 0.272 e. The van der Waals surface area contributed by atoms with Gasteiger partial charge in [0, 0.05) is 11.9 Å². The van der Waals surface area contributed by atoms with Gasteiger partial charge in [-0.3, -0.25) is 19.8 Å². The third-order valence-corrected chi connectivity index (χ3v) is 3.68. The van der Waals surface area contributed by atoms with Crippen molar-refractivity contribution >= 4 is 39.9 Å². The van der Waals surface area contributed by atoms with Crippen LogP contribution in [-0.4, -0.2) is 53.6 Å². The molecule has 2 rings (SSSR count). The molecule has 0 radical (unpaired) electrons. The minimum absolute atomic E-state index is 0.143. The predicted octanol–water partition coefficient (Wildman–Crippen LogP) is -2.85. The third kappa shape index (κ3) is 3.38. The fourth-order valence-corrected chi connectivity index (χ4v) is 2.36. The van der Waals surface area contributed by atoms with Crippen molar-refractivity contribution in [3.05, 3.63) is 11.1 Å². The zero-order valence-electron chi connectivity index (χ0n) is 11.4. The van der Waals surface area contributed by atoms with Gasteiger partial charge in [-0.25, -0.2) is 4.98 Å². The van der Waals surface area contributed by atoms with Crippen LogP contribution in [0.15, 0.2) is 5.38 Å². The van der Waals surface area contributed by atoms with E-state index in [2.05, 4.69) is 20.9 Å². The number of anilines is 1. The van der Waals surface area contributed by atoms with Gasteiger partial charge in [0.05, 0.1) is 12.6 Å². The highest BCUT2D eigenvalue weighted by atomic mass is 32.1. The molecule has 118 valence electrons. The fraction of sp³-hybridized carbons (Fsp3) is 0.364. The number of carbonyl (C=O) groups excluding carboxylic acids is 3. The topological polar surface area (TPSA) is 176 Å². The second-order valence-corrected chi connectivity index (χ2v) is 5.41. The van der Waals surface area contributed by atoms with Gasteiger partial charge in [-0.2, -0.15) is 0 Å². The number of hydrogen-bond acceptors (Lipinski definition) is 8. The lowest BCUT2D eigenvalue weighted by Crippen LogP contribution is -2.72. The van der Waals surface area contributed by atoms with Gasteiger partial charge in [0.15, 0.2) is 5.13 Å². The van der Waals surface area contributed by atoms with Crippen LogP contribution in [0.2, 0.25) is 0 Å². The number of thiazole rings is 1. The van der Waals surface area contributed by atoms with E-state index in [9.17, 15) is 14.4 Å². The van der Waals surface area contributed by atoms with Gasteiger partial charge in [-0.05, 0) is 0 Å². The van der Waals surface area contributed by atoms with Crippen molar-refractivity contribution < 1.29 is 14.4 Å². The number of β-lactam (4-membered cyclic amide) rings is 1. The lowest BCUT2D eigenvalue weighted by molar-refractivity contribution is -0.135. The van der Waals surface area contributed by atoms with Crippen LogP contribution in [0, 0.1) is 5.41 Å². The highest BCUT2D eigenvalue weighted by Gasteiger charge is 2.40. The Balaban J connectivity index is 1.90. The van der Waals surface area contributed by atoms with Crippen molar-refractivity contribution in [2.24, 2.45) is 5.73 Å². The maximum absolute atomic E-state index is 11.9. The SMILES string of the molecule is N=C(C(=O)NC1C(=O)NC1CNC(=O)CN)c1csc(N)n1. The van der Waals surface area contributed by atoms with Crippen LogP contribution in [0.4, 0.5) is 5.13 Å².